The van der Waals surface area contributed by atoms with E-state index in [1.807, 2.05) is 0 Å². The molecule has 0 radical (unpaired) electrons. The van der Waals surface area contributed by atoms with E-state index in [1.54, 1.807) is 5.56 Å². The first-order valence-electron chi connectivity index (χ1n) is 10.1. The number of halogens is 1. The summed E-state index contributed by atoms with van der Waals surface area (Å²) in [6, 6.07) is 6.83. The van der Waals surface area contributed by atoms with E-state index in [4.69, 9.17) is 0 Å². The second-order valence-electron chi connectivity index (χ2n) is 7.64. The van der Waals surface area contributed by atoms with Gasteiger partial charge in [-0.25, -0.2) is 0 Å². The SMILES string of the molecule is CCCCCCCCCCC1CCc2[nH]c3ccc(I)cc3c2C1. The number of aromatic nitrogens is 1. The van der Waals surface area contributed by atoms with Crippen LogP contribution in [0.3, 0.4) is 0 Å². The summed E-state index contributed by atoms with van der Waals surface area (Å²) in [7, 11) is 0. The lowest BCUT2D eigenvalue weighted by molar-refractivity contribution is 0.403. The van der Waals surface area contributed by atoms with Gasteiger partial charge in [-0.2, -0.15) is 0 Å². The predicted octanol–water partition coefficient (Wildman–Crippen LogP) is 7.41. The van der Waals surface area contributed by atoms with E-state index in [-0.39, 0.29) is 0 Å². The van der Waals surface area contributed by atoms with Gasteiger partial charge in [-0.1, -0.05) is 64.7 Å². The summed E-state index contributed by atoms with van der Waals surface area (Å²) >= 11 is 2.44. The molecule has 2 aromatic rings. The number of H-pyrrole nitrogens is 1. The molecule has 3 rings (SSSR count). The first-order valence-corrected chi connectivity index (χ1v) is 11.1. The van der Waals surface area contributed by atoms with E-state index in [0.29, 0.717) is 0 Å². The van der Waals surface area contributed by atoms with Crippen LogP contribution in [0.15, 0.2) is 18.2 Å². The highest BCUT2D eigenvalue weighted by Gasteiger charge is 2.22. The van der Waals surface area contributed by atoms with Gasteiger partial charge in [-0.15, -0.1) is 0 Å². The van der Waals surface area contributed by atoms with Gasteiger partial charge in [0.2, 0.25) is 0 Å². The number of hydrogen-bond donors (Lipinski definition) is 1. The van der Waals surface area contributed by atoms with E-state index < -0.39 is 0 Å². The monoisotopic (exact) mass is 437 g/mol. The van der Waals surface area contributed by atoms with Crippen LogP contribution in [0, 0.1) is 9.49 Å². The zero-order valence-electron chi connectivity index (χ0n) is 15.2. The molecule has 132 valence electrons. The van der Waals surface area contributed by atoms with Gasteiger partial charge >= 0.3 is 0 Å². The minimum absolute atomic E-state index is 0.912. The molecule has 24 heavy (non-hydrogen) atoms. The van der Waals surface area contributed by atoms with Crippen molar-refractivity contribution in [3.05, 3.63) is 33.0 Å². The molecule has 0 bridgehead atoms. The Hall–Kier alpha value is -0.510. The predicted molar refractivity (Wildman–Crippen MR) is 114 cm³/mol. The van der Waals surface area contributed by atoms with Gasteiger partial charge in [0.15, 0.2) is 0 Å². The van der Waals surface area contributed by atoms with Gasteiger partial charge in [-0.05, 0) is 71.5 Å². The summed E-state index contributed by atoms with van der Waals surface area (Å²) in [6.07, 6.45) is 16.8. The van der Waals surface area contributed by atoms with Gasteiger partial charge in [0.25, 0.3) is 0 Å². The van der Waals surface area contributed by atoms with E-state index >= 15 is 0 Å². The minimum atomic E-state index is 0.912. The van der Waals surface area contributed by atoms with Crippen molar-refractivity contribution in [2.45, 2.75) is 84.0 Å². The summed E-state index contributed by atoms with van der Waals surface area (Å²) in [5.74, 6) is 0.912. The molecule has 0 aliphatic heterocycles. The molecular formula is C22H32IN. The molecule has 0 amide bonds. The topological polar surface area (TPSA) is 15.8 Å². The van der Waals surface area contributed by atoms with Crippen LogP contribution in [0.25, 0.3) is 10.9 Å². The fourth-order valence-electron chi connectivity index (χ4n) is 4.27. The van der Waals surface area contributed by atoms with Gasteiger partial charge in [-0.3, -0.25) is 0 Å². The zero-order valence-corrected chi connectivity index (χ0v) is 17.3. The van der Waals surface area contributed by atoms with Crippen molar-refractivity contribution in [3.63, 3.8) is 0 Å². The molecule has 0 saturated heterocycles. The number of nitrogens with one attached hydrogen (secondary N) is 1. The average Bonchev–Trinajstić information content (AvgIpc) is 2.94. The van der Waals surface area contributed by atoms with Crippen LogP contribution >= 0.6 is 22.6 Å². The van der Waals surface area contributed by atoms with Crippen LogP contribution in [0.2, 0.25) is 0 Å². The van der Waals surface area contributed by atoms with Crippen LogP contribution in [-0.4, -0.2) is 4.98 Å². The Balaban J connectivity index is 1.44. The Labute approximate surface area is 161 Å². The lowest BCUT2D eigenvalue weighted by Crippen LogP contribution is -2.13. The Morgan fingerprint density at radius 1 is 1.04 bits per heavy atom. The van der Waals surface area contributed by atoms with Crippen molar-refractivity contribution in [1.82, 2.24) is 4.98 Å². The quantitative estimate of drug-likeness (QED) is 0.311. The highest BCUT2D eigenvalue weighted by atomic mass is 127. The molecule has 1 aliphatic carbocycles. The van der Waals surface area contributed by atoms with Crippen LogP contribution in [0.4, 0.5) is 0 Å². The van der Waals surface area contributed by atoms with Gasteiger partial charge in [0, 0.05) is 20.2 Å². The third-order valence-corrected chi connectivity index (χ3v) is 6.39. The highest BCUT2D eigenvalue weighted by Crippen LogP contribution is 2.34. The number of benzene rings is 1. The Bertz CT molecular complexity index is 643. The standard InChI is InChI=1S/C22H32IN/c1-2-3-4-5-6-7-8-9-10-17-11-13-21-19(15-17)20-16-18(23)12-14-22(20)24-21/h12,14,16-17,24H,2-11,13,15H2,1H3. The molecule has 1 aromatic heterocycles. The Morgan fingerprint density at radius 2 is 1.79 bits per heavy atom. The van der Waals surface area contributed by atoms with E-state index in [2.05, 4.69) is 52.7 Å². The van der Waals surface area contributed by atoms with Crippen LogP contribution < -0.4 is 0 Å². The second-order valence-corrected chi connectivity index (χ2v) is 8.89. The molecule has 1 atom stereocenters. The number of fused-ring (bicyclic) bond motifs is 3. The zero-order chi connectivity index (χ0) is 16.8. The molecule has 0 spiro atoms. The molecule has 1 nitrogen and oxygen atoms in total. The minimum Gasteiger partial charge on any atom is -0.358 e. The van der Waals surface area contributed by atoms with Crippen molar-refractivity contribution in [2.75, 3.05) is 0 Å². The van der Waals surface area contributed by atoms with Crippen LogP contribution in [0.5, 0.6) is 0 Å². The molecular weight excluding hydrogens is 405 g/mol. The smallest absolute Gasteiger partial charge is 0.0459 e. The van der Waals surface area contributed by atoms with Crippen LogP contribution in [-0.2, 0) is 12.8 Å². The second kappa shape index (κ2) is 9.26. The van der Waals surface area contributed by atoms with Crippen molar-refractivity contribution < 1.29 is 0 Å². The van der Waals surface area contributed by atoms with E-state index in [9.17, 15) is 0 Å². The normalized spacial score (nSPS) is 17.3. The lowest BCUT2D eigenvalue weighted by atomic mass is 9.83. The number of aryl methyl sites for hydroxylation is 1. The largest absolute Gasteiger partial charge is 0.358 e. The molecule has 1 N–H and O–H groups in total. The fraction of sp³-hybridized carbons (Fsp3) is 0.636. The fourth-order valence-corrected chi connectivity index (χ4v) is 4.77. The number of aromatic amines is 1. The molecule has 2 heteroatoms. The summed E-state index contributed by atoms with van der Waals surface area (Å²) in [6.45, 7) is 2.30. The summed E-state index contributed by atoms with van der Waals surface area (Å²) < 4.78 is 1.35. The third kappa shape index (κ3) is 4.77. The van der Waals surface area contributed by atoms with Crippen molar-refractivity contribution in [3.8, 4) is 0 Å². The summed E-state index contributed by atoms with van der Waals surface area (Å²) in [5.41, 5.74) is 4.48. The maximum absolute atomic E-state index is 3.66. The lowest BCUT2D eigenvalue weighted by Gasteiger charge is -2.22. The van der Waals surface area contributed by atoms with Crippen molar-refractivity contribution in [2.24, 2.45) is 5.92 Å². The van der Waals surface area contributed by atoms with Crippen molar-refractivity contribution in [1.29, 1.82) is 0 Å². The number of unbranched alkanes of at least 4 members (excludes halogenated alkanes) is 7. The molecule has 0 fully saturated rings. The Morgan fingerprint density at radius 3 is 2.58 bits per heavy atom. The van der Waals surface area contributed by atoms with Gasteiger partial charge in [0.1, 0.15) is 0 Å². The first-order chi connectivity index (χ1) is 11.8. The molecule has 0 saturated carbocycles. The molecule has 1 unspecified atom stereocenters. The third-order valence-electron chi connectivity index (χ3n) is 5.72. The average molecular weight is 437 g/mol. The summed E-state index contributed by atoms with van der Waals surface area (Å²) in [5, 5.41) is 1.48. The maximum Gasteiger partial charge on any atom is 0.0459 e. The molecule has 1 aromatic carbocycles. The number of hydrogen-bond acceptors (Lipinski definition) is 0. The van der Waals surface area contributed by atoms with Gasteiger partial charge in [0.05, 0.1) is 0 Å². The maximum atomic E-state index is 3.66. The molecule has 1 aliphatic rings. The van der Waals surface area contributed by atoms with Gasteiger partial charge < -0.3 is 4.98 Å². The first kappa shape index (κ1) is 18.3. The number of rotatable bonds is 9. The van der Waals surface area contributed by atoms with E-state index in [0.717, 1.165) is 5.92 Å². The van der Waals surface area contributed by atoms with Crippen molar-refractivity contribution >= 4 is 33.5 Å². The Kier molecular flexibility index (Phi) is 7.06. The highest BCUT2D eigenvalue weighted by molar-refractivity contribution is 14.1. The van der Waals surface area contributed by atoms with Crippen LogP contribution in [0.1, 0.15) is 82.4 Å². The molecule has 1 heterocycles. The summed E-state index contributed by atoms with van der Waals surface area (Å²) in [4.78, 5) is 3.66. The van der Waals surface area contributed by atoms with E-state index in [1.165, 1.54) is 97.2 Å².